The van der Waals surface area contributed by atoms with E-state index in [-0.39, 0.29) is 11.8 Å². The summed E-state index contributed by atoms with van der Waals surface area (Å²) in [5, 5.41) is 3.35. The number of amides is 3. The summed E-state index contributed by atoms with van der Waals surface area (Å²) in [4.78, 5) is 45.2. The number of fused-ring (bicyclic) bond motifs is 5. The van der Waals surface area contributed by atoms with Crippen LogP contribution in [-0.2, 0) is 14.4 Å². The molecule has 3 amide bonds. The molecule has 38 heavy (non-hydrogen) atoms. The molecular formula is C30H26ClN3O4. The van der Waals surface area contributed by atoms with Gasteiger partial charge in [-0.05, 0) is 72.5 Å². The Labute approximate surface area is 225 Å². The van der Waals surface area contributed by atoms with Gasteiger partial charge in [0.1, 0.15) is 11.8 Å². The number of anilines is 2. The van der Waals surface area contributed by atoms with Crippen LogP contribution in [0, 0.1) is 25.7 Å². The van der Waals surface area contributed by atoms with Crippen molar-refractivity contribution in [2.24, 2.45) is 11.8 Å². The van der Waals surface area contributed by atoms with E-state index in [0.717, 1.165) is 22.3 Å². The van der Waals surface area contributed by atoms with Gasteiger partial charge in [0.15, 0.2) is 0 Å². The number of methoxy groups -OCH3 is 1. The van der Waals surface area contributed by atoms with Crippen LogP contribution >= 0.6 is 11.6 Å². The fourth-order valence-corrected chi connectivity index (χ4v) is 6.35. The average molecular weight is 528 g/mol. The highest BCUT2D eigenvalue weighted by Crippen LogP contribution is 2.53. The van der Waals surface area contributed by atoms with Gasteiger partial charge in [-0.3, -0.25) is 14.4 Å². The first-order chi connectivity index (χ1) is 18.3. The Morgan fingerprint density at radius 2 is 1.66 bits per heavy atom. The molecule has 6 rings (SSSR count). The number of carbonyl (C=O) groups is 3. The van der Waals surface area contributed by atoms with E-state index in [4.69, 9.17) is 16.3 Å². The minimum Gasteiger partial charge on any atom is -0.495 e. The molecule has 3 heterocycles. The summed E-state index contributed by atoms with van der Waals surface area (Å²) < 4.78 is 5.41. The van der Waals surface area contributed by atoms with Crippen LogP contribution in [0.1, 0.15) is 28.3 Å². The van der Waals surface area contributed by atoms with Crippen molar-refractivity contribution in [3.63, 3.8) is 0 Å². The molecule has 0 bridgehead atoms. The van der Waals surface area contributed by atoms with Gasteiger partial charge in [0, 0.05) is 11.2 Å². The van der Waals surface area contributed by atoms with Gasteiger partial charge >= 0.3 is 0 Å². The van der Waals surface area contributed by atoms with E-state index in [9.17, 15) is 14.4 Å². The number of aryl methyl sites for hydroxylation is 2. The predicted octanol–water partition coefficient (Wildman–Crippen LogP) is 5.12. The highest BCUT2D eigenvalue weighted by Gasteiger charge is 2.64. The van der Waals surface area contributed by atoms with E-state index in [0.29, 0.717) is 22.1 Å². The third kappa shape index (κ3) is 3.69. The van der Waals surface area contributed by atoms with E-state index in [1.54, 1.807) is 18.2 Å². The molecule has 0 radical (unpaired) electrons. The molecular weight excluding hydrogens is 502 g/mol. The maximum absolute atomic E-state index is 14.0. The third-order valence-electron chi connectivity index (χ3n) is 7.61. The minimum atomic E-state index is -0.911. The molecule has 0 aliphatic carbocycles. The number of carbonyl (C=O) groups excluding carboxylic acids is 3. The maximum Gasteiger partial charge on any atom is 0.248 e. The second-order valence-electron chi connectivity index (χ2n) is 10.0. The first kappa shape index (κ1) is 24.2. The Balaban J connectivity index is 1.45. The van der Waals surface area contributed by atoms with Gasteiger partial charge in [-0.2, -0.15) is 0 Å². The van der Waals surface area contributed by atoms with Crippen molar-refractivity contribution in [3.05, 3.63) is 94.1 Å². The second kappa shape index (κ2) is 9.03. The van der Waals surface area contributed by atoms with E-state index in [1.165, 1.54) is 12.0 Å². The predicted molar refractivity (Wildman–Crippen MR) is 146 cm³/mol. The van der Waals surface area contributed by atoms with Crippen molar-refractivity contribution in [3.8, 4) is 5.75 Å². The smallest absolute Gasteiger partial charge is 0.248 e. The molecule has 3 aromatic carbocycles. The summed E-state index contributed by atoms with van der Waals surface area (Å²) in [6.07, 6.45) is 3.75. The van der Waals surface area contributed by atoms with Gasteiger partial charge in [0.2, 0.25) is 17.7 Å². The lowest BCUT2D eigenvalue weighted by Crippen LogP contribution is -2.46. The Morgan fingerprint density at radius 1 is 0.947 bits per heavy atom. The minimum absolute atomic E-state index is 0.291. The maximum atomic E-state index is 14.0. The SMILES string of the molecule is COc1ccc(Cl)cc1NC(=O)[C@@H]1[C@@H]2C(=O)N(c3cc(C)cc(C)c3)C(=O)[C@H]2[C@H]2c3ccccc3C=CN12. The van der Waals surface area contributed by atoms with Crippen molar-refractivity contribution in [1.82, 2.24) is 4.90 Å². The number of nitrogens with zero attached hydrogens (tertiary/aromatic N) is 2. The number of halogens is 1. The van der Waals surface area contributed by atoms with Crippen LogP contribution in [0.5, 0.6) is 5.75 Å². The number of imide groups is 1. The van der Waals surface area contributed by atoms with E-state index in [1.807, 2.05) is 73.5 Å². The number of nitrogens with one attached hydrogen (secondary N) is 1. The molecule has 2 fully saturated rings. The lowest BCUT2D eigenvalue weighted by Gasteiger charge is -2.35. The second-order valence-corrected chi connectivity index (χ2v) is 10.5. The Kier molecular flexibility index (Phi) is 5.76. The largest absolute Gasteiger partial charge is 0.495 e. The lowest BCUT2D eigenvalue weighted by molar-refractivity contribution is -0.128. The topological polar surface area (TPSA) is 79.0 Å². The number of ether oxygens (including phenoxy) is 1. The number of hydrogen-bond donors (Lipinski definition) is 1. The molecule has 7 nitrogen and oxygen atoms in total. The Morgan fingerprint density at radius 3 is 2.39 bits per heavy atom. The molecule has 192 valence electrons. The fraction of sp³-hybridized carbons (Fsp3) is 0.233. The normalized spacial score (nSPS) is 23.3. The average Bonchev–Trinajstić information content (AvgIpc) is 3.36. The zero-order valence-corrected chi connectivity index (χ0v) is 21.9. The highest BCUT2D eigenvalue weighted by molar-refractivity contribution is 6.31. The summed E-state index contributed by atoms with van der Waals surface area (Å²) in [6.45, 7) is 3.86. The van der Waals surface area contributed by atoms with Crippen molar-refractivity contribution >= 4 is 46.8 Å². The number of rotatable bonds is 4. The number of benzene rings is 3. The first-order valence-electron chi connectivity index (χ1n) is 12.4. The van der Waals surface area contributed by atoms with Gasteiger partial charge in [-0.1, -0.05) is 41.9 Å². The van der Waals surface area contributed by atoms with Crippen LogP contribution in [0.15, 0.2) is 66.9 Å². The van der Waals surface area contributed by atoms with Crippen LogP contribution in [0.2, 0.25) is 5.02 Å². The van der Waals surface area contributed by atoms with Crippen LogP contribution in [0.25, 0.3) is 6.08 Å². The molecule has 0 saturated carbocycles. The molecule has 0 spiro atoms. The van der Waals surface area contributed by atoms with Crippen molar-refractivity contribution < 1.29 is 19.1 Å². The number of hydrogen-bond acceptors (Lipinski definition) is 5. The lowest BCUT2D eigenvalue weighted by atomic mass is 9.84. The quantitative estimate of drug-likeness (QED) is 0.476. The van der Waals surface area contributed by atoms with Crippen LogP contribution < -0.4 is 15.0 Å². The molecule has 4 atom stereocenters. The van der Waals surface area contributed by atoms with Crippen LogP contribution in [0.4, 0.5) is 11.4 Å². The first-order valence-corrected chi connectivity index (χ1v) is 12.8. The summed E-state index contributed by atoms with van der Waals surface area (Å²) in [5.74, 6) is -2.21. The van der Waals surface area contributed by atoms with Crippen molar-refractivity contribution in [2.45, 2.75) is 25.9 Å². The standard InChI is InChI=1S/C30H26ClN3O4/c1-16-12-17(2)14-20(13-16)34-29(36)24-25(30(34)37)27(28(35)32-22-15-19(31)8-9-23(22)38-3)33-11-10-18-6-4-5-7-21(18)26(24)33/h4-15,24-27H,1-3H3,(H,32,35)/t24-,25-,26-,27+/m1/s1. The van der Waals surface area contributed by atoms with Gasteiger partial charge < -0.3 is 15.0 Å². The summed E-state index contributed by atoms with van der Waals surface area (Å²) >= 11 is 6.19. The molecule has 3 aromatic rings. The zero-order valence-electron chi connectivity index (χ0n) is 21.1. The van der Waals surface area contributed by atoms with Crippen LogP contribution in [-0.4, -0.2) is 35.8 Å². The molecule has 3 aliphatic rings. The molecule has 0 unspecified atom stereocenters. The molecule has 0 aromatic heterocycles. The van der Waals surface area contributed by atoms with Crippen molar-refractivity contribution in [1.29, 1.82) is 0 Å². The fourth-order valence-electron chi connectivity index (χ4n) is 6.18. The summed E-state index contributed by atoms with van der Waals surface area (Å²) in [6, 6.07) is 17.0. The molecule has 8 heteroatoms. The van der Waals surface area contributed by atoms with Crippen LogP contribution in [0.3, 0.4) is 0 Å². The third-order valence-corrected chi connectivity index (χ3v) is 7.85. The Hall–Kier alpha value is -4.10. The Bertz CT molecular complexity index is 1510. The van der Waals surface area contributed by atoms with Gasteiger partial charge in [-0.25, -0.2) is 4.90 Å². The highest BCUT2D eigenvalue weighted by atomic mass is 35.5. The van der Waals surface area contributed by atoms with Gasteiger partial charge in [0.25, 0.3) is 0 Å². The molecule has 3 aliphatic heterocycles. The monoisotopic (exact) mass is 527 g/mol. The summed E-state index contributed by atoms with van der Waals surface area (Å²) in [5.41, 5.74) is 4.72. The van der Waals surface area contributed by atoms with E-state index >= 15 is 0 Å². The van der Waals surface area contributed by atoms with Gasteiger partial charge in [0.05, 0.1) is 36.4 Å². The van der Waals surface area contributed by atoms with Gasteiger partial charge in [-0.15, -0.1) is 0 Å². The van der Waals surface area contributed by atoms with E-state index < -0.39 is 29.8 Å². The van der Waals surface area contributed by atoms with E-state index in [2.05, 4.69) is 5.32 Å². The summed E-state index contributed by atoms with van der Waals surface area (Å²) in [7, 11) is 1.51. The molecule has 1 N–H and O–H groups in total. The van der Waals surface area contributed by atoms with Crippen molar-refractivity contribution in [2.75, 3.05) is 17.3 Å². The zero-order chi connectivity index (χ0) is 26.7. The molecule has 2 saturated heterocycles.